The first-order chi connectivity index (χ1) is 15.3. The zero-order chi connectivity index (χ0) is 22.7. The van der Waals surface area contributed by atoms with Crippen LogP contribution in [0.5, 0.6) is 0 Å². The van der Waals surface area contributed by atoms with Crippen molar-refractivity contribution in [1.29, 1.82) is 0 Å². The molecular formula is C21H21N3O5S3. The molecule has 2 aromatic rings. The Labute approximate surface area is 194 Å². The molecule has 3 heterocycles. The van der Waals surface area contributed by atoms with Gasteiger partial charge in [0.15, 0.2) is 0 Å². The van der Waals surface area contributed by atoms with Crippen LogP contribution in [0.15, 0.2) is 52.7 Å². The Balaban J connectivity index is 1.33. The van der Waals surface area contributed by atoms with Gasteiger partial charge in [0.1, 0.15) is 6.54 Å². The molecule has 2 saturated heterocycles. The SMILES string of the molecule is O=C(CN1C(=O)S/C(=C\c2cccs2)C1=O)N1CCN(S(=O)(=O)Cc2ccccc2)CC1. The first kappa shape index (κ1) is 22.7. The summed E-state index contributed by atoms with van der Waals surface area (Å²) < 4.78 is 26.7. The van der Waals surface area contributed by atoms with Crippen molar-refractivity contribution in [1.82, 2.24) is 14.1 Å². The van der Waals surface area contributed by atoms with Crippen molar-refractivity contribution in [3.8, 4) is 0 Å². The molecule has 0 atom stereocenters. The van der Waals surface area contributed by atoms with Crippen LogP contribution in [0, 0.1) is 0 Å². The van der Waals surface area contributed by atoms with E-state index in [-0.39, 0.29) is 44.4 Å². The highest BCUT2D eigenvalue weighted by Gasteiger charge is 2.38. The number of piperazine rings is 1. The van der Waals surface area contributed by atoms with Crippen molar-refractivity contribution in [2.75, 3.05) is 32.7 Å². The van der Waals surface area contributed by atoms with Crippen molar-refractivity contribution in [3.63, 3.8) is 0 Å². The third-order valence-corrected chi connectivity index (χ3v) is 8.74. The normalized spacial score (nSPS) is 19.2. The van der Waals surface area contributed by atoms with Crippen molar-refractivity contribution >= 4 is 56.3 Å². The fourth-order valence-corrected chi connectivity index (χ4v) is 6.54. The molecule has 0 saturated carbocycles. The minimum atomic E-state index is -3.49. The Morgan fingerprint density at radius 1 is 1.00 bits per heavy atom. The fourth-order valence-electron chi connectivity index (χ4n) is 3.47. The van der Waals surface area contributed by atoms with E-state index in [1.54, 1.807) is 30.3 Å². The molecule has 1 aromatic carbocycles. The number of rotatable bonds is 6. The van der Waals surface area contributed by atoms with Crippen LogP contribution in [-0.4, -0.2) is 72.3 Å². The van der Waals surface area contributed by atoms with Gasteiger partial charge in [0.2, 0.25) is 15.9 Å². The Kier molecular flexibility index (Phi) is 6.79. The lowest BCUT2D eigenvalue weighted by Gasteiger charge is -2.34. The molecule has 0 N–H and O–H groups in total. The van der Waals surface area contributed by atoms with Gasteiger partial charge in [0.05, 0.1) is 10.7 Å². The van der Waals surface area contributed by atoms with Gasteiger partial charge in [-0.25, -0.2) is 8.42 Å². The lowest BCUT2D eigenvalue weighted by molar-refractivity contribution is -0.136. The van der Waals surface area contributed by atoms with Crippen molar-refractivity contribution < 1.29 is 22.8 Å². The van der Waals surface area contributed by atoms with Crippen LogP contribution in [0.3, 0.4) is 0 Å². The number of hydrogen-bond donors (Lipinski definition) is 0. The number of thioether (sulfide) groups is 1. The minimum Gasteiger partial charge on any atom is -0.338 e. The van der Waals surface area contributed by atoms with Crippen LogP contribution in [0.25, 0.3) is 6.08 Å². The average Bonchev–Trinajstić information content (AvgIpc) is 3.38. The maximum absolute atomic E-state index is 12.7. The molecule has 2 fully saturated rings. The van der Waals surface area contributed by atoms with Crippen LogP contribution in [0.2, 0.25) is 0 Å². The molecule has 2 aliphatic heterocycles. The second-order valence-corrected chi connectivity index (χ2v) is 11.2. The molecule has 0 radical (unpaired) electrons. The van der Waals surface area contributed by atoms with Gasteiger partial charge in [-0.05, 0) is 34.8 Å². The molecule has 3 amide bonds. The molecule has 0 unspecified atom stereocenters. The van der Waals surface area contributed by atoms with Gasteiger partial charge in [-0.3, -0.25) is 19.3 Å². The van der Waals surface area contributed by atoms with E-state index in [4.69, 9.17) is 0 Å². The highest BCUT2D eigenvalue weighted by molar-refractivity contribution is 8.18. The molecule has 2 aliphatic rings. The standard InChI is InChI=1S/C21H21N3O5S3/c25-19(14-24-20(26)18(31-21(24)27)13-17-7-4-12-30-17)22-8-10-23(11-9-22)32(28,29)15-16-5-2-1-3-6-16/h1-7,12-13H,8-11,14-15H2/b18-13-. The Morgan fingerprint density at radius 2 is 1.72 bits per heavy atom. The smallest absolute Gasteiger partial charge is 0.294 e. The first-order valence-corrected chi connectivity index (χ1v) is 13.2. The van der Waals surface area contributed by atoms with Gasteiger partial charge < -0.3 is 4.90 Å². The lowest BCUT2D eigenvalue weighted by Crippen LogP contribution is -2.53. The van der Waals surface area contributed by atoms with Gasteiger partial charge in [0, 0.05) is 31.1 Å². The Hall–Kier alpha value is -2.47. The molecule has 168 valence electrons. The van der Waals surface area contributed by atoms with Crippen molar-refractivity contribution in [2.24, 2.45) is 0 Å². The maximum atomic E-state index is 12.7. The van der Waals surface area contributed by atoms with E-state index in [1.165, 1.54) is 20.5 Å². The second-order valence-electron chi connectivity index (χ2n) is 7.30. The van der Waals surface area contributed by atoms with Crippen LogP contribution in [0.1, 0.15) is 10.4 Å². The zero-order valence-corrected chi connectivity index (χ0v) is 19.5. The number of amides is 3. The highest BCUT2D eigenvalue weighted by atomic mass is 32.2. The molecule has 32 heavy (non-hydrogen) atoms. The first-order valence-electron chi connectivity index (χ1n) is 9.92. The van der Waals surface area contributed by atoms with E-state index in [9.17, 15) is 22.8 Å². The van der Waals surface area contributed by atoms with Crippen LogP contribution < -0.4 is 0 Å². The molecule has 0 bridgehead atoms. The van der Waals surface area contributed by atoms with Crippen molar-refractivity contribution in [2.45, 2.75) is 5.75 Å². The van der Waals surface area contributed by atoms with E-state index in [0.717, 1.165) is 21.5 Å². The largest absolute Gasteiger partial charge is 0.338 e. The number of thiophene rings is 1. The number of carbonyl (C=O) groups is 3. The van der Waals surface area contributed by atoms with E-state index < -0.39 is 21.2 Å². The number of sulfonamides is 1. The number of imide groups is 1. The summed E-state index contributed by atoms with van der Waals surface area (Å²) in [4.78, 5) is 41.2. The molecule has 0 spiro atoms. The average molecular weight is 492 g/mol. The highest BCUT2D eigenvalue weighted by Crippen LogP contribution is 2.33. The molecule has 11 heteroatoms. The topological polar surface area (TPSA) is 95.1 Å². The van der Waals surface area contributed by atoms with Gasteiger partial charge in [-0.2, -0.15) is 4.31 Å². The van der Waals surface area contributed by atoms with Gasteiger partial charge in [0.25, 0.3) is 11.1 Å². The maximum Gasteiger partial charge on any atom is 0.294 e. The number of hydrogen-bond acceptors (Lipinski definition) is 7. The molecule has 8 nitrogen and oxygen atoms in total. The molecule has 0 aliphatic carbocycles. The molecule has 1 aromatic heterocycles. The zero-order valence-electron chi connectivity index (χ0n) is 17.0. The van der Waals surface area contributed by atoms with Gasteiger partial charge in [-0.1, -0.05) is 36.4 Å². The molecular weight excluding hydrogens is 470 g/mol. The Morgan fingerprint density at radius 3 is 2.38 bits per heavy atom. The second kappa shape index (κ2) is 9.57. The van der Waals surface area contributed by atoms with Crippen LogP contribution in [-0.2, 0) is 25.4 Å². The summed E-state index contributed by atoms with van der Waals surface area (Å²) in [5.41, 5.74) is 0.709. The summed E-state index contributed by atoms with van der Waals surface area (Å²) in [6, 6.07) is 12.6. The number of carbonyl (C=O) groups excluding carboxylic acids is 3. The van der Waals surface area contributed by atoms with Crippen molar-refractivity contribution in [3.05, 3.63) is 63.2 Å². The third kappa shape index (κ3) is 5.12. The van der Waals surface area contributed by atoms with E-state index >= 15 is 0 Å². The summed E-state index contributed by atoms with van der Waals surface area (Å²) in [6.45, 7) is 0.452. The summed E-state index contributed by atoms with van der Waals surface area (Å²) >= 11 is 2.27. The molecule has 4 rings (SSSR count). The number of benzene rings is 1. The summed E-state index contributed by atoms with van der Waals surface area (Å²) in [5, 5.41) is 1.40. The predicted molar refractivity (Wildman–Crippen MR) is 124 cm³/mol. The van der Waals surface area contributed by atoms with Crippen LogP contribution in [0.4, 0.5) is 4.79 Å². The number of nitrogens with zero attached hydrogens (tertiary/aromatic N) is 3. The summed E-state index contributed by atoms with van der Waals surface area (Å²) in [7, 11) is -3.49. The quantitative estimate of drug-likeness (QED) is 0.576. The summed E-state index contributed by atoms with van der Waals surface area (Å²) in [6.07, 6.45) is 1.65. The fraction of sp³-hybridized carbons (Fsp3) is 0.286. The minimum absolute atomic E-state index is 0.0882. The van der Waals surface area contributed by atoms with Gasteiger partial charge >= 0.3 is 0 Å². The van der Waals surface area contributed by atoms with E-state index in [2.05, 4.69) is 0 Å². The van der Waals surface area contributed by atoms with Gasteiger partial charge in [-0.15, -0.1) is 11.3 Å². The van der Waals surface area contributed by atoms with Crippen LogP contribution >= 0.6 is 23.1 Å². The monoisotopic (exact) mass is 491 g/mol. The van der Waals surface area contributed by atoms with E-state index in [0.29, 0.717) is 10.5 Å². The Bertz CT molecular complexity index is 1140. The third-order valence-electron chi connectivity index (χ3n) is 5.16. The summed E-state index contributed by atoms with van der Waals surface area (Å²) in [5.74, 6) is -0.939. The lowest BCUT2D eigenvalue weighted by atomic mass is 10.2. The van der Waals surface area contributed by atoms with E-state index in [1.807, 2.05) is 23.6 Å². The predicted octanol–water partition coefficient (Wildman–Crippen LogP) is 2.46.